The zero-order valence-corrected chi connectivity index (χ0v) is 12.3. The van der Waals surface area contributed by atoms with Gasteiger partial charge in [-0.15, -0.1) is 0 Å². The Kier molecular flexibility index (Phi) is 3.48. The molecule has 0 amide bonds. The highest BCUT2D eigenvalue weighted by Gasteiger charge is 2.12. The number of hydrogen-bond acceptors (Lipinski definition) is 4. The van der Waals surface area contributed by atoms with Crippen LogP contribution < -0.4 is 10.6 Å². The highest BCUT2D eigenvalue weighted by atomic mass is 15.4. The number of para-hydroxylation sites is 1. The van der Waals surface area contributed by atoms with E-state index in [-0.39, 0.29) is 0 Å². The normalized spacial score (nSPS) is 11.0. The molecule has 0 unspecified atom stereocenters. The first-order chi connectivity index (χ1) is 10.2. The molecule has 0 aliphatic carbocycles. The van der Waals surface area contributed by atoms with Crippen LogP contribution in [0.5, 0.6) is 0 Å². The molecule has 3 rings (SSSR count). The number of rotatable bonds is 4. The third kappa shape index (κ3) is 2.54. The van der Waals surface area contributed by atoms with Crippen LogP contribution in [0.1, 0.15) is 18.1 Å². The predicted molar refractivity (Wildman–Crippen MR) is 85.3 cm³/mol. The van der Waals surface area contributed by atoms with Crippen molar-refractivity contribution in [1.29, 1.82) is 0 Å². The van der Waals surface area contributed by atoms with Crippen LogP contribution in [0.4, 0.5) is 11.5 Å². The van der Waals surface area contributed by atoms with E-state index in [1.165, 1.54) is 5.56 Å². The molecule has 2 N–H and O–H groups in total. The standard InChI is InChI=1S/C16H19N5/c1-3-20(10-13-6-4-5-7-14(13)17)16-9-12(2)8-15-18-11-19-21(15)16/h4-9,11H,3,10,17H2,1-2H3. The first kappa shape index (κ1) is 13.4. The Morgan fingerprint density at radius 3 is 2.81 bits per heavy atom. The molecule has 0 radical (unpaired) electrons. The predicted octanol–water partition coefficient (Wildman–Crippen LogP) is 2.65. The van der Waals surface area contributed by atoms with Gasteiger partial charge in [-0.1, -0.05) is 18.2 Å². The molecule has 0 spiro atoms. The molecule has 3 aromatic rings. The third-order valence-corrected chi connectivity index (χ3v) is 3.63. The summed E-state index contributed by atoms with van der Waals surface area (Å²) in [7, 11) is 0. The Morgan fingerprint density at radius 2 is 2.05 bits per heavy atom. The fraction of sp³-hybridized carbons (Fsp3) is 0.250. The minimum atomic E-state index is 0.752. The number of nitrogens with zero attached hydrogens (tertiary/aromatic N) is 4. The topological polar surface area (TPSA) is 59.5 Å². The van der Waals surface area contributed by atoms with E-state index < -0.39 is 0 Å². The van der Waals surface area contributed by atoms with Gasteiger partial charge >= 0.3 is 0 Å². The first-order valence-corrected chi connectivity index (χ1v) is 7.07. The monoisotopic (exact) mass is 281 g/mol. The van der Waals surface area contributed by atoms with Gasteiger partial charge in [0.1, 0.15) is 12.1 Å². The molecule has 0 bridgehead atoms. The number of hydrogen-bond donors (Lipinski definition) is 1. The summed E-state index contributed by atoms with van der Waals surface area (Å²) in [6.45, 7) is 5.82. The van der Waals surface area contributed by atoms with E-state index in [0.29, 0.717) is 0 Å². The Labute approximate surface area is 124 Å². The van der Waals surface area contributed by atoms with Gasteiger partial charge in [-0.2, -0.15) is 9.61 Å². The smallest absolute Gasteiger partial charge is 0.157 e. The summed E-state index contributed by atoms with van der Waals surface area (Å²) in [6, 6.07) is 12.1. The summed E-state index contributed by atoms with van der Waals surface area (Å²) in [5.41, 5.74) is 10.0. The fourth-order valence-corrected chi connectivity index (χ4v) is 2.50. The van der Waals surface area contributed by atoms with Crippen LogP contribution in [-0.2, 0) is 6.54 Å². The van der Waals surface area contributed by atoms with Crippen molar-refractivity contribution in [3.8, 4) is 0 Å². The largest absolute Gasteiger partial charge is 0.398 e. The Hall–Kier alpha value is -2.56. The summed E-state index contributed by atoms with van der Waals surface area (Å²) in [6.07, 6.45) is 1.59. The van der Waals surface area contributed by atoms with E-state index in [2.05, 4.69) is 41.0 Å². The molecule has 108 valence electrons. The summed E-state index contributed by atoms with van der Waals surface area (Å²) in [4.78, 5) is 6.53. The van der Waals surface area contributed by atoms with Crippen molar-refractivity contribution < 1.29 is 0 Å². The SMILES string of the molecule is CCN(Cc1ccccc1N)c1cc(C)cc2ncnn12. The molecule has 0 saturated heterocycles. The second-order valence-electron chi connectivity index (χ2n) is 5.13. The molecule has 5 nitrogen and oxygen atoms in total. The van der Waals surface area contributed by atoms with Crippen molar-refractivity contribution in [1.82, 2.24) is 14.6 Å². The fourth-order valence-electron chi connectivity index (χ4n) is 2.50. The number of benzene rings is 1. The Balaban J connectivity index is 2.02. The molecule has 2 heterocycles. The summed E-state index contributed by atoms with van der Waals surface area (Å²) in [5, 5.41) is 4.33. The molecule has 21 heavy (non-hydrogen) atoms. The summed E-state index contributed by atoms with van der Waals surface area (Å²) >= 11 is 0. The van der Waals surface area contributed by atoms with Gasteiger partial charge in [0.2, 0.25) is 0 Å². The molecule has 2 aromatic heterocycles. The van der Waals surface area contributed by atoms with Gasteiger partial charge in [0.05, 0.1) is 0 Å². The maximum absolute atomic E-state index is 6.06. The van der Waals surface area contributed by atoms with Crippen LogP contribution in [0, 0.1) is 6.92 Å². The summed E-state index contributed by atoms with van der Waals surface area (Å²) in [5.74, 6) is 1.04. The number of anilines is 2. The highest BCUT2D eigenvalue weighted by molar-refractivity contribution is 5.55. The van der Waals surface area contributed by atoms with Crippen molar-refractivity contribution in [2.45, 2.75) is 20.4 Å². The maximum atomic E-state index is 6.06. The van der Waals surface area contributed by atoms with Crippen LogP contribution in [0.25, 0.3) is 5.65 Å². The molecule has 0 aliphatic rings. The number of pyridine rings is 1. The lowest BCUT2D eigenvalue weighted by Gasteiger charge is -2.24. The van der Waals surface area contributed by atoms with Gasteiger partial charge in [-0.3, -0.25) is 0 Å². The lowest BCUT2D eigenvalue weighted by Crippen LogP contribution is -2.25. The lowest BCUT2D eigenvalue weighted by atomic mass is 10.1. The number of nitrogen functional groups attached to an aromatic ring is 1. The van der Waals surface area contributed by atoms with Crippen LogP contribution in [0.3, 0.4) is 0 Å². The number of fused-ring (bicyclic) bond motifs is 1. The average molecular weight is 281 g/mol. The van der Waals surface area contributed by atoms with Gasteiger partial charge in [-0.05, 0) is 43.2 Å². The van der Waals surface area contributed by atoms with E-state index in [0.717, 1.165) is 35.8 Å². The number of aromatic nitrogens is 3. The molecular formula is C16H19N5. The molecule has 0 atom stereocenters. The molecule has 1 aromatic carbocycles. The molecule has 5 heteroatoms. The molecular weight excluding hydrogens is 262 g/mol. The minimum Gasteiger partial charge on any atom is -0.398 e. The van der Waals surface area contributed by atoms with E-state index in [1.54, 1.807) is 6.33 Å². The minimum absolute atomic E-state index is 0.752. The second-order valence-corrected chi connectivity index (χ2v) is 5.13. The Morgan fingerprint density at radius 1 is 1.24 bits per heavy atom. The zero-order chi connectivity index (χ0) is 14.8. The van der Waals surface area contributed by atoms with Gasteiger partial charge in [-0.25, -0.2) is 4.98 Å². The van der Waals surface area contributed by atoms with Crippen LogP contribution in [-0.4, -0.2) is 21.1 Å². The van der Waals surface area contributed by atoms with E-state index in [1.807, 2.05) is 28.8 Å². The van der Waals surface area contributed by atoms with Crippen molar-refractivity contribution in [2.24, 2.45) is 0 Å². The average Bonchev–Trinajstić information content (AvgIpc) is 2.94. The maximum Gasteiger partial charge on any atom is 0.157 e. The summed E-state index contributed by atoms with van der Waals surface area (Å²) < 4.78 is 1.87. The molecule has 0 saturated carbocycles. The van der Waals surface area contributed by atoms with Gasteiger partial charge in [0, 0.05) is 18.8 Å². The van der Waals surface area contributed by atoms with Gasteiger partial charge in [0.15, 0.2) is 5.65 Å². The lowest BCUT2D eigenvalue weighted by molar-refractivity contribution is 0.781. The zero-order valence-electron chi connectivity index (χ0n) is 12.3. The third-order valence-electron chi connectivity index (χ3n) is 3.63. The van der Waals surface area contributed by atoms with E-state index >= 15 is 0 Å². The molecule has 0 aliphatic heterocycles. The van der Waals surface area contributed by atoms with Crippen LogP contribution in [0.2, 0.25) is 0 Å². The quantitative estimate of drug-likeness (QED) is 0.747. The van der Waals surface area contributed by atoms with Crippen molar-refractivity contribution in [3.05, 3.63) is 53.9 Å². The van der Waals surface area contributed by atoms with E-state index in [4.69, 9.17) is 5.73 Å². The molecule has 0 fully saturated rings. The van der Waals surface area contributed by atoms with E-state index in [9.17, 15) is 0 Å². The number of nitrogens with two attached hydrogens (primary N) is 1. The van der Waals surface area contributed by atoms with Crippen LogP contribution >= 0.6 is 0 Å². The highest BCUT2D eigenvalue weighted by Crippen LogP contribution is 2.22. The number of aryl methyl sites for hydroxylation is 1. The van der Waals surface area contributed by atoms with Gasteiger partial charge < -0.3 is 10.6 Å². The van der Waals surface area contributed by atoms with Crippen molar-refractivity contribution >= 4 is 17.2 Å². The van der Waals surface area contributed by atoms with Crippen LogP contribution in [0.15, 0.2) is 42.7 Å². The second kappa shape index (κ2) is 5.44. The first-order valence-electron chi connectivity index (χ1n) is 7.07. The van der Waals surface area contributed by atoms with Crippen molar-refractivity contribution in [2.75, 3.05) is 17.2 Å². The van der Waals surface area contributed by atoms with Gasteiger partial charge in [0.25, 0.3) is 0 Å². The van der Waals surface area contributed by atoms with Crippen molar-refractivity contribution in [3.63, 3.8) is 0 Å². The Bertz CT molecular complexity index is 762.